The summed E-state index contributed by atoms with van der Waals surface area (Å²) in [5, 5.41) is 14.0. The summed E-state index contributed by atoms with van der Waals surface area (Å²) >= 11 is 6.03. The van der Waals surface area contributed by atoms with E-state index in [1.807, 2.05) is 24.3 Å². The van der Waals surface area contributed by atoms with E-state index in [1.54, 1.807) is 12.3 Å². The normalized spacial score (nSPS) is 17.3. The van der Waals surface area contributed by atoms with Gasteiger partial charge in [-0.2, -0.15) is 0 Å². The monoisotopic (exact) mass is 463 g/mol. The first-order chi connectivity index (χ1) is 15.3. The molecule has 5 nitrogen and oxygen atoms in total. The molecule has 0 aliphatic carbocycles. The molecule has 1 fully saturated rings. The van der Waals surface area contributed by atoms with Gasteiger partial charge in [-0.05, 0) is 47.5 Å². The van der Waals surface area contributed by atoms with Crippen LogP contribution in [-0.4, -0.2) is 41.0 Å². The summed E-state index contributed by atoms with van der Waals surface area (Å²) < 4.78 is 43.1. The number of halogens is 4. The van der Waals surface area contributed by atoms with Gasteiger partial charge in [0.2, 0.25) is 0 Å². The quantitative estimate of drug-likeness (QED) is 0.548. The van der Waals surface area contributed by atoms with Crippen molar-refractivity contribution >= 4 is 11.6 Å². The van der Waals surface area contributed by atoms with Crippen LogP contribution in [0.1, 0.15) is 17.2 Å². The van der Waals surface area contributed by atoms with Crippen LogP contribution in [0.4, 0.5) is 13.2 Å². The number of nitrogens with one attached hydrogen (secondary N) is 1. The number of hydrogen-bond donors (Lipinski definition) is 2. The van der Waals surface area contributed by atoms with Gasteiger partial charge >= 0.3 is 6.36 Å². The fourth-order valence-corrected chi connectivity index (χ4v) is 4.04. The lowest BCUT2D eigenvalue weighted by Gasteiger charge is -2.37. The Kier molecular flexibility index (Phi) is 6.55. The van der Waals surface area contributed by atoms with Gasteiger partial charge in [0.25, 0.3) is 0 Å². The van der Waals surface area contributed by atoms with Crippen LogP contribution in [0.15, 0.2) is 60.9 Å². The van der Waals surface area contributed by atoms with Crippen molar-refractivity contribution in [3.63, 3.8) is 0 Å². The average Bonchev–Trinajstić information content (AvgIpc) is 2.76. The number of phenols is 1. The molecule has 2 N–H and O–H groups in total. The van der Waals surface area contributed by atoms with Crippen molar-refractivity contribution in [3.05, 3.63) is 77.1 Å². The number of alkyl halides is 3. The van der Waals surface area contributed by atoms with Gasteiger partial charge < -0.3 is 15.2 Å². The number of benzene rings is 2. The van der Waals surface area contributed by atoms with E-state index < -0.39 is 6.36 Å². The van der Waals surface area contributed by atoms with E-state index >= 15 is 0 Å². The Hall–Kier alpha value is -2.81. The lowest BCUT2D eigenvalue weighted by Crippen LogP contribution is -2.45. The second-order valence-corrected chi connectivity index (χ2v) is 7.94. The highest BCUT2D eigenvalue weighted by molar-refractivity contribution is 6.30. The molecule has 1 aromatic heterocycles. The molecule has 32 heavy (non-hydrogen) atoms. The van der Waals surface area contributed by atoms with E-state index in [4.69, 9.17) is 11.6 Å². The Morgan fingerprint density at radius 1 is 1.12 bits per heavy atom. The lowest BCUT2D eigenvalue weighted by molar-refractivity contribution is -0.274. The fraction of sp³-hybridized carbons (Fsp3) is 0.261. The molecule has 2 heterocycles. The van der Waals surface area contributed by atoms with E-state index in [-0.39, 0.29) is 23.1 Å². The lowest BCUT2D eigenvalue weighted by atomic mass is 9.98. The van der Waals surface area contributed by atoms with Gasteiger partial charge in [0.05, 0.1) is 0 Å². The molecule has 9 heteroatoms. The zero-order valence-corrected chi connectivity index (χ0v) is 17.7. The van der Waals surface area contributed by atoms with Gasteiger partial charge in [-0.3, -0.25) is 9.88 Å². The van der Waals surface area contributed by atoms with Crippen LogP contribution in [0.3, 0.4) is 0 Å². The van der Waals surface area contributed by atoms with Crippen LogP contribution in [-0.2, 0) is 6.54 Å². The van der Waals surface area contributed by atoms with Crippen LogP contribution in [0.5, 0.6) is 11.5 Å². The van der Waals surface area contributed by atoms with Gasteiger partial charge in [0.15, 0.2) is 0 Å². The van der Waals surface area contributed by atoms with E-state index in [2.05, 4.69) is 19.9 Å². The maximum atomic E-state index is 13.0. The Morgan fingerprint density at radius 2 is 1.91 bits per heavy atom. The Balaban J connectivity index is 1.68. The molecule has 1 saturated heterocycles. The summed E-state index contributed by atoms with van der Waals surface area (Å²) in [4.78, 5) is 6.36. The Labute approximate surface area is 188 Å². The summed E-state index contributed by atoms with van der Waals surface area (Å²) in [6.45, 7) is 2.75. The Morgan fingerprint density at radius 3 is 2.66 bits per heavy atom. The summed E-state index contributed by atoms with van der Waals surface area (Å²) in [6.07, 6.45) is -1.76. The molecule has 0 radical (unpaired) electrons. The third-order valence-corrected chi connectivity index (χ3v) is 5.62. The highest BCUT2D eigenvalue weighted by Crippen LogP contribution is 2.38. The summed E-state index contributed by atoms with van der Waals surface area (Å²) in [5.41, 5.74) is 2.47. The molecule has 1 atom stereocenters. The number of aromatic hydroxyl groups is 1. The summed E-state index contributed by atoms with van der Waals surface area (Å²) in [7, 11) is 0. The van der Waals surface area contributed by atoms with Crippen LogP contribution in [0.25, 0.3) is 11.1 Å². The zero-order valence-electron chi connectivity index (χ0n) is 16.9. The largest absolute Gasteiger partial charge is 0.573 e. The molecule has 0 bridgehead atoms. The second kappa shape index (κ2) is 9.36. The molecule has 4 rings (SSSR count). The molecule has 1 unspecified atom stereocenters. The zero-order chi connectivity index (χ0) is 22.7. The predicted octanol–water partition coefficient (Wildman–Crippen LogP) is 5.15. The van der Waals surface area contributed by atoms with Crippen molar-refractivity contribution in [1.29, 1.82) is 0 Å². The highest BCUT2D eigenvalue weighted by atomic mass is 35.5. The summed E-state index contributed by atoms with van der Waals surface area (Å²) in [5.74, 6) is -0.551. The topological polar surface area (TPSA) is 57.6 Å². The maximum Gasteiger partial charge on any atom is 0.573 e. The van der Waals surface area contributed by atoms with Crippen molar-refractivity contribution in [2.24, 2.45) is 0 Å². The number of piperazine rings is 1. The Bertz CT molecular complexity index is 1080. The first kappa shape index (κ1) is 22.4. The number of rotatable bonds is 5. The van der Waals surface area contributed by atoms with Crippen LogP contribution in [0.2, 0.25) is 5.02 Å². The molecule has 168 valence electrons. The molecule has 3 aromatic rings. The first-order valence-corrected chi connectivity index (χ1v) is 10.4. The number of nitrogens with zero attached hydrogens (tertiary/aromatic N) is 2. The van der Waals surface area contributed by atoms with Crippen molar-refractivity contribution in [2.75, 3.05) is 19.6 Å². The maximum absolute atomic E-state index is 13.0. The second-order valence-electron chi connectivity index (χ2n) is 7.50. The van der Waals surface area contributed by atoms with Gasteiger partial charge in [-0.1, -0.05) is 23.7 Å². The van der Waals surface area contributed by atoms with Gasteiger partial charge in [-0.15, -0.1) is 13.2 Å². The van der Waals surface area contributed by atoms with E-state index in [9.17, 15) is 18.3 Å². The molecule has 2 aromatic carbocycles. The molecular formula is C23H21ClF3N3O2. The van der Waals surface area contributed by atoms with E-state index in [0.717, 1.165) is 42.9 Å². The molecule has 0 amide bonds. The minimum Gasteiger partial charge on any atom is -0.508 e. The first-order valence-electron chi connectivity index (χ1n) is 10.0. The number of phenolic OH excluding ortho intramolecular Hbond substituents is 1. The van der Waals surface area contributed by atoms with Crippen LogP contribution >= 0.6 is 11.6 Å². The van der Waals surface area contributed by atoms with Crippen molar-refractivity contribution < 1.29 is 23.0 Å². The number of aromatic nitrogens is 1. The minimum atomic E-state index is -4.85. The van der Waals surface area contributed by atoms with E-state index in [1.165, 1.54) is 12.3 Å². The highest BCUT2D eigenvalue weighted by Gasteiger charge is 2.33. The fourth-order valence-electron chi connectivity index (χ4n) is 3.91. The third kappa shape index (κ3) is 5.32. The van der Waals surface area contributed by atoms with Crippen LogP contribution < -0.4 is 10.1 Å². The molecule has 0 saturated carbocycles. The summed E-state index contributed by atoms with van der Waals surface area (Å²) in [6, 6.07) is 13.0. The number of ether oxygens (including phenoxy) is 1. The SMILES string of the molecule is Oc1ccc(OC(F)(F)F)c(-c2cnccc2CN2CCNCC2c2ccc(Cl)cc2)c1. The van der Waals surface area contributed by atoms with Gasteiger partial charge in [-0.25, -0.2) is 0 Å². The van der Waals surface area contributed by atoms with Gasteiger partial charge in [0.1, 0.15) is 11.5 Å². The molecular weight excluding hydrogens is 443 g/mol. The minimum absolute atomic E-state index is 0.0668. The third-order valence-electron chi connectivity index (χ3n) is 5.37. The van der Waals surface area contributed by atoms with Crippen molar-refractivity contribution in [1.82, 2.24) is 15.2 Å². The number of hydrogen-bond acceptors (Lipinski definition) is 5. The van der Waals surface area contributed by atoms with Crippen LogP contribution in [0, 0.1) is 0 Å². The number of pyridine rings is 1. The van der Waals surface area contributed by atoms with Crippen molar-refractivity contribution in [2.45, 2.75) is 18.9 Å². The molecule has 1 aliphatic rings. The standard InChI is InChI=1S/C23H21ClF3N3O2/c24-17-3-1-15(2-4-17)21-13-29-9-10-30(21)14-16-7-8-28-12-20(16)19-11-18(31)5-6-22(19)32-23(25,26)27/h1-8,11-12,21,29,31H,9-10,13-14H2. The van der Waals surface area contributed by atoms with E-state index in [0.29, 0.717) is 17.1 Å². The van der Waals surface area contributed by atoms with Gasteiger partial charge in [0, 0.05) is 60.8 Å². The molecule has 1 aliphatic heterocycles. The smallest absolute Gasteiger partial charge is 0.508 e. The predicted molar refractivity (Wildman–Crippen MR) is 115 cm³/mol. The van der Waals surface area contributed by atoms with Crippen molar-refractivity contribution in [3.8, 4) is 22.6 Å². The molecule has 0 spiro atoms. The average molecular weight is 464 g/mol.